The third kappa shape index (κ3) is 3.66. The normalized spacial score (nSPS) is 22.5. The molecule has 2 aliphatic rings. The molecule has 6 nitrogen and oxygen atoms in total. The molecule has 1 aromatic rings. The van der Waals surface area contributed by atoms with Gasteiger partial charge in [-0.2, -0.15) is 0 Å². The van der Waals surface area contributed by atoms with Gasteiger partial charge < -0.3 is 19.6 Å². The molecule has 2 fully saturated rings. The van der Waals surface area contributed by atoms with E-state index in [1.807, 2.05) is 0 Å². The fourth-order valence-corrected chi connectivity index (χ4v) is 3.08. The van der Waals surface area contributed by atoms with E-state index in [1.54, 1.807) is 9.80 Å². The second kappa shape index (κ2) is 7.42. The number of rotatable bonds is 5. The van der Waals surface area contributed by atoms with Crippen molar-refractivity contribution in [1.29, 1.82) is 0 Å². The smallest absolute Gasteiger partial charge is 0.321 e. The van der Waals surface area contributed by atoms with Crippen molar-refractivity contribution >= 4 is 6.03 Å². The zero-order valence-corrected chi connectivity index (χ0v) is 13.3. The molecule has 0 aromatic heterocycles. The maximum atomic E-state index is 13.4. The van der Waals surface area contributed by atoms with Crippen molar-refractivity contribution in [2.75, 3.05) is 52.6 Å². The lowest BCUT2D eigenvalue weighted by Gasteiger charge is -2.35. The highest BCUT2D eigenvalue weighted by Crippen LogP contribution is 2.24. The van der Waals surface area contributed by atoms with Crippen LogP contribution in [0.5, 0.6) is 0 Å². The maximum Gasteiger partial charge on any atom is 0.321 e. The Balaban J connectivity index is 1.60. The summed E-state index contributed by atoms with van der Waals surface area (Å²) in [5.74, 6) is -1.76. The molecule has 2 amide bonds. The first-order valence-corrected chi connectivity index (χ1v) is 8.02. The van der Waals surface area contributed by atoms with E-state index < -0.39 is 11.6 Å². The zero-order chi connectivity index (χ0) is 17.1. The van der Waals surface area contributed by atoms with Crippen LogP contribution in [0.25, 0.3) is 0 Å². The predicted molar refractivity (Wildman–Crippen MR) is 82.3 cm³/mol. The number of aliphatic hydroxyl groups excluding tert-OH is 1. The summed E-state index contributed by atoms with van der Waals surface area (Å²) >= 11 is 0. The second-order valence-corrected chi connectivity index (χ2v) is 6.01. The largest absolute Gasteiger partial charge is 0.395 e. The standard InChI is InChI=1S/C16H21F2N3O3/c17-13-2-1-12(9-14(13)18)15-10-19(6-8-24-15)11-21-4-3-20(5-7-22)16(21)23/h1-2,9,15,22H,3-8,10-11H2. The van der Waals surface area contributed by atoms with Crippen LogP contribution in [0.2, 0.25) is 0 Å². The average Bonchev–Trinajstić information content (AvgIpc) is 2.91. The first-order chi connectivity index (χ1) is 11.6. The zero-order valence-electron chi connectivity index (χ0n) is 13.3. The third-order valence-electron chi connectivity index (χ3n) is 4.39. The number of morpholine rings is 1. The predicted octanol–water partition coefficient (Wildman–Crippen LogP) is 1.03. The lowest BCUT2D eigenvalue weighted by atomic mass is 10.1. The minimum atomic E-state index is -0.886. The van der Waals surface area contributed by atoms with Crippen LogP contribution < -0.4 is 0 Å². The molecule has 2 aliphatic heterocycles. The van der Waals surface area contributed by atoms with Crippen LogP contribution in [0.15, 0.2) is 18.2 Å². The lowest BCUT2D eigenvalue weighted by molar-refractivity contribution is -0.0413. The Hall–Kier alpha value is -1.77. The van der Waals surface area contributed by atoms with Crippen molar-refractivity contribution in [3.63, 3.8) is 0 Å². The van der Waals surface area contributed by atoms with Gasteiger partial charge in [0.05, 0.1) is 26.0 Å². The van der Waals surface area contributed by atoms with Crippen LogP contribution in [-0.4, -0.2) is 78.4 Å². The maximum absolute atomic E-state index is 13.4. The fourth-order valence-electron chi connectivity index (χ4n) is 3.08. The molecule has 24 heavy (non-hydrogen) atoms. The average molecular weight is 341 g/mol. The quantitative estimate of drug-likeness (QED) is 0.869. The number of carbonyl (C=O) groups excluding carboxylic acids is 1. The van der Waals surface area contributed by atoms with Crippen LogP contribution in [0.4, 0.5) is 13.6 Å². The summed E-state index contributed by atoms with van der Waals surface area (Å²) in [4.78, 5) is 17.6. The van der Waals surface area contributed by atoms with Crippen molar-refractivity contribution in [1.82, 2.24) is 14.7 Å². The first kappa shape index (κ1) is 17.1. The highest BCUT2D eigenvalue weighted by Gasteiger charge is 2.31. The van der Waals surface area contributed by atoms with Crippen LogP contribution in [0.3, 0.4) is 0 Å². The Labute approximate surface area is 139 Å². The van der Waals surface area contributed by atoms with Gasteiger partial charge in [-0.25, -0.2) is 13.6 Å². The van der Waals surface area contributed by atoms with Gasteiger partial charge in [0.2, 0.25) is 0 Å². The van der Waals surface area contributed by atoms with E-state index in [0.29, 0.717) is 51.6 Å². The monoisotopic (exact) mass is 341 g/mol. The topological polar surface area (TPSA) is 56.3 Å². The second-order valence-electron chi connectivity index (χ2n) is 6.01. The summed E-state index contributed by atoms with van der Waals surface area (Å²) in [6, 6.07) is 3.70. The van der Waals surface area contributed by atoms with Crippen molar-refractivity contribution in [2.24, 2.45) is 0 Å². The molecule has 1 atom stereocenters. The molecular formula is C16H21F2N3O3. The van der Waals surface area contributed by atoms with Gasteiger partial charge in [-0.3, -0.25) is 4.90 Å². The number of amides is 2. The van der Waals surface area contributed by atoms with Gasteiger partial charge >= 0.3 is 6.03 Å². The van der Waals surface area contributed by atoms with Gasteiger partial charge in [0, 0.05) is 32.7 Å². The lowest BCUT2D eigenvalue weighted by Crippen LogP contribution is -2.46. The number of nitrogens with zero attached hydrogens (tertiary/aromatic N) is 3. The number of β-amino-alcohol motifs (C(OH)–C–C–N with tert-alkyl or cyclic N) is 1. The number of urea groups is 1. The molecule has 0 radical (unpaired) electrons. The third-order valence-corrected chi connectivity index (χ3v) is 4.39. The highest BCUT2D eigenvalue weighted by atomic mass is 19.2. The minimum Gasteiger partial charge on any atom is -0.395 e. The Bertz CT molecular complexity index is 602. The summed E-state index contributed by atoms with van der Waals surface area (Å²) in [7, 11) is 0. The molecule has 0 bridgehead atoms. The summed E-state index contributed by atoms with van der Waals surface area (Å²) in [5.41, 5.74) is 0.591. The van der Waals surface area contributed by atoms with E-state index in [-0.39, 0.29) is 18.7 Å². The minimum absolute atomic E-state index is 0.0463. The van der Waals surface area contributed by atoms with E-state index in [4.69, 9.17) is 9.84 Å². The van der Waals surface area contributed by atoms with Gasteiger partial charge in [-0.05, 0) is 17.7 Å². The molecule has 1 unspecified atom stereocenters. The van der Waals surface area contributed by atoms with Gasteiger partial charge in [0.1, 0.15) is 0 Å². The van der Waals surface area contributed by atoms with Crippen molar-refractivity contribution < 1.29 is 23.4 Å². The molecule has 8 heteroatoms. The highest BCUT2D eigenvalue weighted by molar-refractivity contribution is 5.76. The van der Waals surface area contributed by atoms with E-state index >= 15 is 0 Å². The molecule has 0 spiro atoms. The van der Waals surface area contributed by atoms with Gasteiger partial charge in [0.15, 0.2) is 11.6 Å². The first-order valence-electron chi connectivity index (χ1n) is 8.02. The van der Waals surface area contributed by atoms with E-state index in [1.165, 1.54) is 6.07 Å². The van der Waals surface area contributed by atoms with E-state index in [0.717, 1.165) is 12.1 Å². The number of halogens is 2. The Morgan fingerprint density at radius 1 is 1.17 bits per heavy atom. The Morgan fingerprint density at radius 3 is 2.71 bits per heavy atom. The van der Waals surface area contributed by atoms with E-state index in [2.05, 4.69) is 4.90 Å². The molecule has 2 heterocycles. The summed E-state index contributed by atoms with van der Waals surface area (Å²) in [6.45, 7) is 3.63. The van der Waals surface area contributed by atoms with Crippen molar-refractivity contribution in [3.8, 4) is 0 Å². The number of hydrogen-bond donors (Lipinski definition) is 1. The number of ether oxygens (including phenoxy) is 1. The molecule has 1 N–H and O–H groups in total. The molecule has 3 rings (SSSR count). The number of aliphatic hydroxyl groups is 1. The van der Waals surface area contributed by atoms with Gasteiger partial charge in [0.25, 0.3) is 0 Å². The Morgan fingerprint density at radius 2 is 1.96 bits per heavy atom. The summed E-state index contributed by atoms with van der Waals surface area (Å²) < 4.78 is 32.1. The number of hydrogen-bond acceptors (Lipinski definition) is 4. The van der Waals surface area contributed by atoms with Gasteiger partial charge in [-0.15, -0.1) is 0 Å². The van der Waals surface area contributed by atoms with Crippen LogP contribution in [0.1, 0.15) is 11.7 Å². The molecule has 1 aromatic carbocycles. The molecule has 132 valence electrons. The van der Waals surface area contributed by atoms with Crippen LogP contribution in [-0.2, 0) is 4.74 Å². The molecule has 0 saturated carbocycles. The van der Waals surface area contributed by atoms with Crippen molar-refractivity contribution in [2.45, 2.75) is 6.10 Å². The number of benzene rings is 1. The molecule has 0 aliphatic carbocycles. The van der Waals surface area contributed by atoms with Gasteiger partial charge in [-0.1, -0.05) is 6.07 Å². The summed E-state index contributed by atoms with van der Waals surface area (Å²) in [5, 5.41) is 8.96. The molecule has 2 saturated heterocycles. The fraction of sp³-hybridized carbons (Fsp3) is 0.562. The SMILES string of the molecule is O=C1N(CCO)CCN1CN1CCOC(c2ccc(F)c(F)c2)C1. The van der Waals surface area contributed by atoms with Crippen molar-refractivity contribution in [3.05, 3.63) is 35.4 Å². The molecular weight excluding hydrogens is 320 g/mol. The van der Waals surface area contributed by atoms with E-state index in [9.17, 15) is 13.6 Å². The van der Waals surface area contributed by atoms with Crippen LogP contribution in [0, 0.1) is 11.6 Å². The summed E-state index contributed by atoms with van der Waals surface area (Å²) in [6.07, 6.45) is -0.347. The number of carbonyl (C=O) groups is 1. The van der Waals surface area contributed by atoms with Crippen LogP contribution >= 0.6 is 0 Å². The Kier molecular flexibility index (Phi) is 5.27.